The van der Waals surface area contributed by atoms with Crippen LogP contribution in [0.4, 0.5) is 0 Å². The van der Waals surface area contributed by atoms with Crippen molar-refractivity contribution in [3.8, 4) is 0 Å². The van der Waals surface area contributed by atoms with Gasteiger partial charge in [0, 0.05) is 12.3 Å². The van der Waals surface area contributed by atoms with Gasteiger partial charge in [-0.25, -0.2) is 8.42 Å². The van der Waals surface area contributed by atoms with Crippen LogP contribution in [0, 0.1) is 0 Å². The van der Waals surface area contributed by atoms with Gasteiger partial charge in [-0.3, -0.25) is 0 Å². The molecule has 0 aromatic heterocycles. The second kappa shape index (κ2) is 6.19. The van der Waals surface area contributed by atoms with Crippen LogP contribution >= 0.6 is 0 Å². The van der Waals surface area contributed by atoms with Gasteiger partial charge in [-0.1, -0.05) is 13.0 Å². The van der Waals surface area contributed by atoms with E-state index >= 15 is 0 Å². The van der Waals surface area contributed by atoms with Gasteiger partial charge in [0.1, 0.15) is 0 Å². The molecule has 0 aliphatic heterocycles. The van der Waals surface area contributed by atoms with Gasteiger partial charge in [0.25, 0.3) is 0 Å². The van der Waals surface area contributed by atoms with E-state index in [2.05, 4.69) is 11.9 Å². The highest BCUT2D eigenvalue weighted by Crippen LogP contribution is 2.10. The molecule has 0 saturated heterocycles. The van der Waals surface area contributed by atoms with Crippen LogP contribution in [0.1, 0.15) is 26.7 Å². The molecule has 14 heavy (non-hydrogen) atoms. The summed E-state index contributed by atoms with van der Waals surface area (Å²) >= 11 is 0. The van der Waals surface area contributed by atoms with E-state index in [1.807, 2.05) is 13.0 Å². The van der Waals surface area contributed by atoms with E-state index in [-0.39, 0.29) is 11.3 Å². The van der Waals surface area contributed by atoms with Crippen LogP contribution in [0.3, 0.4) is 0 Å². The first-order valence-corrected chi connectivity index (χ1v) is 6.92. The number of hydrogen-bond donors (Lipinski definition) is 1. The Morgan fingerprint density at radius 2 is 2.07 bits per heavy atom. The van der Waals surface area contributed by atoms with E-state index in [0.29, 0.717) is 0 Å². The maximum Gasteiger partial charge on any atom is 0.151 e. The van der Waals surface area contributed by atoms with Crippen molar-refractivity contribution in [1.82, 2.24) is 5.32 Å². The molecule has 1 N–H and O–H groups in total. The summed E-state index contributed by atoms with van der Waals surface area (Å²) in [6.07, 6.45) is 4.78. The predicted octanol–water partition coefficient (Wildman–Crippen LogP) is 1.36. The van der Waals surface area contributed by atoms with Crippen LogP contribution < -0.4 is 5.32 Å². The number of nitrogens with one attached hydrogen (secondary N) is 1. The van der Waals surface area contributed by atoms with Crippen LogP contribution in [0.2, 0.25) is 0 Å². The first-order valence-electron chi connectivity index (χ1n) is 4.96. The van der Waals surface area contributed by atoms with Crippen LogP contribution in [0.5, 0.6) is 0 Å². The van der Waals surface area contributed by atoms with Crippen molar-refractivity contribution in [3.05, 3.63) is 12.7 Å². The van der Waals surface area contributed by atoms with Gasteiger partial charge in [0.2, 0.25) is 0 Å². The molecule has 0 bridgehead atoms. The zero-order valence-corrected chi connectivity index (χ0v) is 10.1. The fourth-order valence-electron chi connectivity index (χ4n) is 1.36. The summed E-state index contributed by atoms with van der Waals surface area (Å²) < 4.78 is 22.7. The zero-order valence-electron chi connectivity index (χ0n) is 9.29. The van der Waals surface area contributed by atoms with Crippen LogP contribution in [-0.4, -0.2) is 32.5 Å². The fourth-order valence-corrected chi connectivity index (χ4v) is 2.19. The lowest BCUT2D eigenvalue weighted by molar-refractivity contribution is 0.473. The van der Waals surface area contributed by atoms with Gasteiger partial charge in [0.15, 0.2) is 9.84 Å². The molecule has 0 saturated carbocycles. The lowest BCUT2D eigenvalue weighted by Crippen LogP contribution is -2.42. The Labute approximate surface area is 87.5 Å². The van der Waals surface area contributed by atoms with Crippen molar-refractivity contribution in [3.63, 3.8) is 0 Å². The monoisotopic (exact) mass is 219 g/mol. The summed E-state index contributed by atoms with van der Waals surface area (Å²) in [6.45, 7) is 8.17. The summed E-state index contributed by atoms with van der Waals surface area (Å²) in [7, 11) is -2.95. The Hall–Kier alpha value is -0.350. The molecular formula is C10H21NO2S. The van der Waals surface area contributed by atoms with E-state index in [1.54, 1.807) is 6.92 Å². The molecule has 0 rings (SSSR count). The molecule has 4 heteroatoms. The van der Waals surface area contributed by atoms with Gasteiger partial charge in [-0.2, -0.15) is 0 Å². The lowest BCUT2D eigenvalue weighted by Gasteiger charge is -2.22. The molecule has 0 aromatic rings. The molecule has 0 heterocycles. The molecular weight excluding hydrogens is 198 g/mol. The topological polar surface area (TPSA) is 46.2 Å². The molecule has 3 nitrogen and oxygen atoms in total. The first kappa shape index (κ1) is 13.7. The molecule has 84 valence electrons. The highest BCUT2D eigenvalue weighted by Gasteiger charge is 2.24. The Kier molecular flexibility index (Phi) is 6.04. The van der Waals surface area contributed by atoms with Crippen molar-refractivity contribution in [2.45, 2.75) is 38.0 Å². The van der Waals surface area contributed by atoms with Crippen LogP contribution in [0.15, 0.2) is 12.7 Å². The minimum atomic E-state index is -2.95. The highest BCUT2D eigenvalue weighted by atomic mass is 32.2. The third-order valence-corrected chi connectivity index (χ3v) is 4.07. The third-order valence-electron chi connectivity index (χ3n) is 2.39. The minimum Gasteiger partial charge on any atom is -0.313 e. The first-order chi connectivity index (χ1) is 6.43. The Bertz CT molecular complexity index is 259. The van der Waals surface area contributed by atoms with Crippen molar-refractivity contribution in [1.29, 1.82) is 0 Å². The second-order valence-electron chi connectivity index (χ2n) is 3.56. The average Bonchev–Trinajstić information content (AvgIpc) is 2.09. The number of allylic oxidation sites excluding steroid dienone is 1. The summed E-state index contributed by atoms with van der Waals surface area (Å²) in [5.74, 6) is 0. The van der Waals surface area contributed by atoms with Gasteiger partial charge in [0.05, 0.1) is 5.25 Å². The normalized spacial score (nSPS) is 16.2. The van der Waals surface area contributed by atoms with Gasteiger partial charge >= 0.3 is 0 Å². The average molecular weight is 219 g/mol. The standard InChI is InChI=1S/C10H21NO2S/c1-5-7-8-10(11-6-2)9(3)14(4,12)13/h5,9-11H,1,6-8H2,2-4H3. The molecule has 0 fully saturated rings. The molecule has 0 aromatic carbocycles. The van der Waals surface area contributed by atoms with Crippen LogP contribution in [-0.2, 0) is 9.84 Å². The fraction of sp³-hybridized carbons (Fsp3) is 0.800. The zero-order chi connectivity index (χ0) is 11.2. The van der Waals surface area contributed by atoms with E-state index in [9.17, 15) is 8.42 Å². The Morgan fingerprint density at radius 1 is 1.50 bits per heavy atom. The van der Waals surface area contributed by atoms with Crippen molar-refractivity contribution in [2.24, 2.45) is 0 Å². The quantitative estimate of drug-likeness (QED) is 0.658. The summed E-state index contributed by atoms with van der Waals surface area (Å²) in [4.78, 5) is 0. The third kappa shape index (κ3) is 4.77. The molecule has 0 radical (unpaired) electrons. The highest BCUT2D eigenvalue weighted by molar-refractivity contribution is 7.91. The number of rotatable bonds is 7. The van der Waals surface area contributed by atoms with Gasteiger partial charge < -0.3 is 5.32 Å². The molecule has 2 atom stereocenters. The number of sulfone groups is 1. The lowest BCUT2D eigenvalue weighted by atomic mass is 10.1. The van der Waals surface area contributed by atoms with Gasteiger partial charge in [-0.15, -0.1) is 6.58 Å². The molecule has 0 amide bonds. The Morgan fingerprint density at radius 3 is 2.43 bits per heavy atom. The van der Waals surface area contributed by atoms with Crippen LogP contribution in [0.25, 0.3) is 0 Å². The van der Waals surface area contributed by atoms with E-state index < -0.39 is 9.84 Å². The van der Waals surface area contributed by atoms with E-state index in [0.717, 1.165) is 19.4 Å². The summed E-state index contributed by atoms with van der Waals surface area (Å²) in [5.41, 5.74) is 0. The summed E-state index contributed by atoms with van der Waals surface area (Å²) in [5, 5.41) is 2.87. The van der Waals surface area contributed by atoms with Crippen molar-refractivity contribution < 1.29 is 8.42 Å². The largest absolute Gasteiger partial charge is 0.313 e. The maximum atomic E-state index is 11.3. The van der Waals surface area contributed by atoms with E-state index in [1.165, 1.54) is 6.26 Å². The van der Waals surface area contributed by atoms with Crippen molar-refractivity contribution in [2.75, 3.05) is 12.8 Å². The predicted molar refractivity (Wildman–Crippen MR) is 61.2 cm³/mol. The van der Waals surface area contributed by atoms with E-state index in [4.69, 9.17) is 0 Å². The minimum absolute atomic E-state index is 0.0352. The smallest absolute Gasteiger partial charge is 0.151 e. The number of hydrogen-bond acceptors (Lipinski definition) is 3. The molecule has 0 spiro atoms. The van der Waals surface area contributed by atoms with Gasteiger partial charge in [-0.05, 0) is 26.3 Å². The SMILES string of the molecule is C=CCCC(NCC)C(C)S(C)(=O)=O. The molecule has 0 aliphatic carbocycles. The molecule has 2 unspecified atom stereocenters. The maximum absolute atomic E-state index is 11.3. The van der Waals surface area contributed by atoms with Crippen molar-refractivity contribution >= 4 is 9.84 Å². The summed E-state index contributed by atoms with van der Waals surface area (Å²) in [6, 6.07) is 0.0352. The Balaban J connectivity index is 4.39. The molecule has 0 aliphatic rings. The second-order valence-corrected chi connectivity index (χ2v) is 5.97.